The summed E-state index contributed by atoms with van der Waals surface area (Å²) in [5.41, 5.74) is 0.794. The van der Waals surface area contributed by atoms with Gasteiger partial charge in [0.05, 0.1) is 0 Å². The highest BCUT2D eigenvalue weighted by atomic mass is 32.1. The number of carboxylic acids is 1. The largest absolute Gasteiger partial charge is 0.508 e. The van der Waals surface area contributed by atoms with Gasteiger partial charge in [0, 0.05) is 6.42 Å². The molecule has 4 nitrogen and oxygen atoms in total. The third-order valence-corrected chi connectivity index (χ3v) is 2.22. The van der Waals surface area contributed by atoms with Gasteiger partial charge in [-0.25, -0.2) is 4.79 Å². The monoisotopic (exact) mass is 257 g/mol. The molecule has 0 spiro atoms. The molecule has 0 fully saturated rings. The van der Waals surface area contributed by atoms with Gasteiger partial charge in [-0.05, 0) is 17.7 Å². The average molecular weight is 257 g/mol. The van der Waals surface area contributed by atoms with Crippen molar-refractivity contribution in [2.75, 3.05) is 0 Å². The van der Waals surface area contributed by atoms with E-state index in [0.29, 0.717) is 0 Å². The van der Waals surface area contributed by atoms with E-state index in [-0.39, 0.29) is 16.5 Å². The van der Waals surface area contributed by atoms with Crippen LogP contribution in [0.2, 0.25) is 0 Å². The van der Waals surface area contributed by atoms with E-state index in [2.05, 4.69) is 30.2 Å². The fourth-order valence-corrected chi connectivity index (χ4v) is 1.51. The van der Waals surface area contributed by atoms with Gasteiger partial charge < -0.3 is 15.5 Å². The maximum atomic E-state index is 10.9. The first-order valence-electron chi connectivity index (χ1n) is 4.49. The number of hydrogen-bond acceptors (Lipinski definition) is 3. The zero-order valence-corrected chi connectivity index (χ0v) is 9.96. The number of nitrogens with one attached hydrogen (secondary N) is 1. The molecule has 1 atom stereocenters. The summed E-state index contributed by atoms with van der Waals surface area (Å²) in [4.78, 5) is 10.9. The molecule has 86 valence electrons. The molecule has 1 aromatic carbocycles. The van der Waals surface area contributed by atoms with Crippen molar-refractivity contribution in [3.05, 3.63) is 29.8 Å². The molecule has 0 aliphatic heterocycles. The lowest BCUT2D eigenvalue weighted by atomic mass is 10.1. The minimum Gasteiger partial charge on any atom is -0.508 e. The van der Waals surface area contributed by atoms with Gasteiger partial charge in [0.2, 0.25) is 0 Å². The number of thiocarbonyl (C=S) groups is 1. The molecule has 1 rings (SSSR count). The Morgan fingerprint density at radius 1 is 1.44 bits per heavy atom. The van der Waals surface area contributed by atoms with Gasteiger partial charge in [-0.1, -0.05) is 24.4 Å². The maximum absolute atomic E-state index is 10.9. The summed E-state index contributed by atoms with van der Waals surface area (Å²) in [5, 5.41) is 20.6. The smallest absolute Gasteiger partial charge is 0.326 e. The Morgan fingerprint density at radius 2 is 2.00 bits per heavy atom. The SMILES string of the molecule is O=C(O)C(Cc1ccc(O)cc1)NC(=S)S. The number of phenols is 1. The van der Waals surface area contributed by atoms with Crippen LogP contribution in [-0.2, 0) is 11.2 Å². The third kappa shape index (κ3) is 4.08. The molecule has 16 heavy (non-hydrogen) atoms. The van der Waals surface area contributed by atoms with Crippen LogP contribution in [0.25, 0.3) is 0 Å². The first-order chi connectivity index (χ1) is 7.49. The van der Waals surface area contributed by atoms with Crippen LogP contribution >= 0.6 is 24.8 Å². The van der Waals surface area contributed by atoms with Crippen molar-refractivity contribution >= 4 is 35.1 Å². The molecule has 0 saturated heterocycles. The maximum Gasteiger partial charge on any atom is 0.326 e. The number of rotatable bonds is 4. The normalized spacial score (nSPS) is 11.8. The summed E-state index contributed by atoms with van der Waals surface area (Å²) < 4.78 is 0.145. The number of thiol groups is 1. The van der Waals surface area contributed by atoms with E-state index in [1.807, 2.05) is 0 Å². The Labute approximate surface area is 104 Å². The first kappa shape index (κ1) is 12.8. The van der Waals surface area contributed by atoms with Crippen molar-refractivity contribution in [3.63, 3.8) is 0 Å². The van der Waals surface area contributed by atoms with Crippen LogP contribution in [0, 0.1) is 0 Å². The van der Waals surface area contributed by atoms with Gasteiger partial charge in [-0.3, -0.25) is 0 Å². The van der Waals surface area contributed by atoms with Gasteiger partial charge in [0.1, 0.15) is 16.1 Å². The minimum atomic E-state index is -0.996. The van der Waals surface area contributed by atoms with Gasteiger partial charge in [0.25, 0.3) is 0 Å². The molecule has 3 N–H and O–H groups in total. The zero-order valence-electron chi connectivity index (χ0n) is 8.25. The van der Waals surface area contributed by atoms with Crippen molar-refractivity contribution in [2.24, 2.45) is 0 Å². The molecule has 0 saturated carbocycles. The molecule has 0 amide bonds. The van der Waals surface area contributed by atoms with Crippen molar-refractivity contribution in [3.8, 4) is 5.75 Å². The van der Waals surface area contributed by atoms with Gasteiger partial charge >= 0.3 is 5.97 Å². The summed E-state index contributed by atoms with van der Waals surface area (Å²) in [6.07, 6.45) is 0.274. The molecule has 0 aliphatic rings. The molecular weight excluding hydrogens is 246 g/mol. The lowest BCUT2D eigenvalue weighted by molar-refractivity contribution is -0.138. The van der Waals surface area contributed by atoms with Crippen LogP contribution in [0.1, 0.15) is 5.56 Å². The van der Waals surface area contributed by atoms with Crippen LogP contribution in [0.3, 0.4) is 0 Å². The predicted octanol–water partition coefficient (Wildman–Crippen LogP) is 1.19. The number of phenolic OH excluding ortho intramolecular Hbond substituents is 1. The lowest BCUT2D eigenvalue weighted by Gasteiger charge is -2.13. The molecule has 0 bridgehead atoms. The standard InChI is InChI=1S/C10H11NO3S2/c12-7-3-1-6(2-4-7)5-8(9(13)14)11-10(15)16/h1-4,8,12H,5H2,(H,13,14)(H2,11,15,16). The van der Waals surface area contributed by atoms with Crippen LogP contribution < -0.4 is 5.32 Å². The quantitative estimate of drug-likeness (QED) is 0.482. The summed E-state index contributed by atoms with van der Waals surface area (Å²) in [7, 11) is 0. The Morgan fingerprint density at radius 3 is 2.44 bits per heavy atom. The summed E-state index contributed by atoms with van der Waals surface area (Å²) in [5.74, 6) is -0.849. The molecule has 0 aliphatic carbocycles. The number of carbonyl (C=O) groups is 1. The predicted molar refractivity (Wildman–Crippen MR) is 68.0 cm³/mol. The van der Waals surface area contributed by atoms with Gasteiger partial charge in [0.15, 0.2) is 0 Å². The van der Waals surface area contributed by atoms with Crippen LogP contribution in [0.15, 0.2) is 24.3 Å². The lowest BCUT2D eigenvalue weighted by Crippen LogP contribution is -2.39. The number of aliphatic carboxylic acids is 1. The number of aromatic hydroxyl groups is 1. The highest BCUT2D eigenvalue weighted by Gasteiger charge is 2.17. The molecule has 0 radical (unpaired) electrons. The van der Waals surface area contributed by atoms with Crippen molar-refractivity contribution in [2.45, 2.75) is 12.5 Å². The van der Waals surface area contributed by atoms with Crippen molar-refractivity contribution in [1.82, 2.24) is 5.32 Å². The second kappa shape index (κ2) is 5.72. The van der Waals surface area contributed by atoms with Gasteiger partial charge in [-0.15, -0.1) is 12.6 Å². The van der Waals surface area contributed by atoms with E-state index in [1.54, 1.807) is 12.1 Å². The highest BCUT2D eigenvalue weighted by Crippen LogP contribution is 2.11. The van der Waals surface area contributed by atoms with Crippen LogP contribution in [0.4, 0.5) is 0 Å². The van der Waals surface area contributed by atoms with E-state index >= 15 is 0 Å². The summed E-state index contributed by atoms with van der Waals surface area (Å²) in [6, 6.07) is 5.53. The van der Waals surface area contributed by atoms with E-state index in [4.69, 9.17) is 10.2 Å². The number of carboxylic acid groups (broad SMARTS) is 1. The average Bonchev–Trinajstić information content (AvgIpc) is 2.19. The van der Waals surface area contributed by atoms with E-state index in [9.17, 15) is 4.79 Å². The number of benzene rings is 1. The Balaban J connectivity index is 2.71. The topological polar surface area (TPSA) is 69.6 Å². The molecule has 0 heterocycles. The van der Waals surface area contributed by atoms with Gasteiger partial charge in [-0.2, -0.15) is 0 Å². The van der Waals surface area contributed by atoms with Crippen LogP contribution in [0.5, 0.6) is 5.75 Å². The Bertz CT molecular complexity index is 392. The summed E-state index contributed by atoms with van der Waals surface area (Å²) >= 11 is 8.51. The second-order valence-electron chi connectivity index (χ2n) is 3.21. The molecular formula is C10H11NO3S2. The Hall–Kier alpha value is -1.27. The highest BCUT2D eigenvalue weighted by molar-refractivity contribution is 8.11. The second-order valence-corrected chi connectivity index (χ2v) is 4.37. The minimum absolute atomic E-state index is 0.145. The van der Waals surface area contributed by atoms with Crippen molar-refractivity contribution < 1.29 is 15.0 Å². The zero-order chi connectivity index (χ0) is 12.1. The summed E-state index contributed by atoms with van der Waals surface area (Å²) in [6.45, 7) is 0. The Kier molecular flexibility index (Phi) is 4.57. The molecule has 1 unspecified atom stereocenters. The fourth-order valence-electron chi connectivity index (χ4n) is 1.22. The fraction of sp³-hybridized carbons (Fsp3) is 0.200. The first-order valence-corrected chi connectivity index (χ1v) is 5.35. The molecule has 1 aromatic rings. The molecule has 6 heteroatoms. The van der Waals surface area contributed by atoms with E-state index in [0.717, 1.165) is 5.56 Å². The van der Waals surface area contributed by atoms with Crippen molar-refractivity contribution in [1.29, 1.82) is 0 Å². The van der Waals surface area contributed by atoms with E-state index < -0.39 is 12.0 Å². The molecule has 0 aromatic heterocycles. The van der Waals surface area contributed by atoms with E-state index in [1.165, 1.54) is 12.1 Å². The van der Waals surface area contributed by atoms with Crippen LogP contribution in [-0.4, -0.2) is 26.5 Å². The number of hydrogen-bond donors (Lipinski definition) is 4. The third-order valence-electron chi connectivity index (χ3n) is 1.97.